The van der Waals surface area contributed by atoms with Crippen LogP contribution in [0.5, 0.6) is 0 Å². The third-order valence-corrected chi connectivity index (χ3v) is 4.84. The quantitative estimate of drug-likeness (QED) is 0.766. The maximum atomic E-state index is 12.9. The Morgan fingerprint density at radius 2 is 1.86 bits per heavy atom. The Labute approximate surface area is 164 Å². The molecule has 0 bridgehead atoms. The molecule has 2 aromatic heterocycles. The number of nitrogens with zero attached hydrogens (tertiary/aromatic N) is 1. The van der Waals surface area contributed by atoms with Crippen molar-refractivity contribution in [1.29, 1.82) is 0 Å². The summed E-state index contributed by atoms with van der Waals surface area (Å²) >= 11 is 0. The van der Waals surface area contributed by atoms with Gasteiger partial charge in [0.1, 0.15) is 16.9 Å². The van der Waals surface area contributed by atoms with Crippen molar-refractivity contribution in [2.45, 2.75) is 58.7 Å². The number of rotatable bonds is 7. The summed E-state index contributed by atoms with van der Waals surface area (Å²) in [6.45, 7) is 4.84. The molecule has 1 aliphatic carbocycles. The fraction of sp³-hybridized carbons (Fsp3) is 0.476. The standard InChI is InChI=1S/C21H27N3O4/c1-14(2)11-24-12-17(20(26)22-10-16-8-5-9-28-16)19(25)18(13-24)21(27)23-15-6-3-4-7-15/h5,8-9,12-15H,3-4,6-7,10-11H2,1-2H3,(H,22,26)(H,23,27). The zero-order valence-corrected chi connectivity index (χ0v) is 16.4. The molecular weight excluding hydrogens is 358 g/mol. The Kier molecular flexibility index (Phi) is 6.34. The average molecular weight is 385 g/mol. The normalized spacial score (nSPS) is 14.4. The monoisotopic (exact) mass is 385 g/mol. The van der Waals surface area contributed by atoms with Gasteiger partial charge in [-0.05, 0) is 30.9 Å². The van der Waals surface area contributed by atoms with Crippen LogP contribution in [0.25, 0.3) is 0 Å². The van der Waals surface area contributed by atoms with Crippen molar-refractivity contribution in [3.63, 3.8) is 0 Å². The highest BCUT2D eigenvalue weighted by molar-refractivity contribution is 5.99. The smallest absolute Gasteiger partial charge is 0.257 e. The maximum absolute atomic E-state index is 12.9. The van der Waals surface area contributed by atoms with E-state index >= 15 is 0 Å². The van der Waals surface area contributed by atoms with Gasteiger partial charge in [0.15, 0.2) is 0 Å². The summed E-state index contributed by atoms with van der Waals surface area (Å²) in [5, 5.41) is 5.62. The van der Waals surface area contributed by atoms with Crippen molar-refractivity contribution >= 4 is 11.8 Å². The molecule has 2 amide bonds. The van der Waals surface area contributed by atoms with Gasteiger partial charge in [0, 0.05) is 25.0 Å². The van der Waals surface area contributed by atoms with E-state index < -0.39 is 17.2 Å². The van der Waals surface area contributed by atoms with Crippen LogP contribution in [0.3, 0.4) is 0 Å². The van der Waals surface area contributed by atoms with Crippen LogP contribution in [0, 0.1) is 5.92 Å². The predicted molar refractivity (Wildman–Crippen MR) is 105 cm³/mol. The SMILES string of the molecule is CC(C)Cn1cc(C(=O)NCc2ccco2)c(=O)c(C(=O)NC2CCCC2)c1. The molecule has 2 aromatic rings. The van der Waals surface area contributed by atoms with Gasteiger partial charge in [0.25, 0.3) is 11.8 Å². The van der Waals surface area contributed by atoms with Crippen molar-refractivity contribution in [1.82, 2.24) is 15.2 Å². The molecule has 1 fully saturated rings. The molecule has 3 rings (SSSR count). The molecule has 7 nitrogen and oxygen atoms in total. The van der Waals surface area contributed by atoms with Gasteiger partial charge in [-0.2, -0.15) is 0 Å². The average Bonchev–Trinajstić information content (AvgIpc) is 3.34. The molecule has 0 unspecified atom stereocenters. The van der Waals surface area contributed by atoms with E-state index in [1.807, 2.05) is 13.8 Å². The molecule has 0 atom stereocenters. The van der Waals surface area contributed by atoms with Crippen LogP contribution in [0.15, 0.2) is 40.0 Å². The molecular formula is C21H27N3O4. The number of amides is 2. The zero-order chi connectivity index (χ0) is 20.1. The molecule has 7 heteroatoms. The lowest BCUT2D eigenvalue weighted by Gasteiger charge is -2.16. The Morgan fingerprint density at radius 1 is 1.18 bits per heavy atom. The van der Waals surface area contributed by atoms with Crippen LogP contribution in [0.4, 0.5) is 0 Å². The lowest BCUT2D eigenvalue weighted by molar-refractivity contribution is 0.0935. The summed E-state index contributed by atoms with van der Waals surface area (Å²) in [6.07, 6.45) is 8.60. The van der Waals surface area contributed by atoms with E-state index in [1.54, 1.807) is 22.9 Å². The number of carbonyl (C=O) groups excluding carboxylic acids is 2. The lowest BCUT2D eigenvalue weighted by atomic mass is 10.1. The van der Waals surface area contributed by atoms with Gasteiger partial charge in [-0.1, -0.05) is 26.7 Å². The molecule has 150 valence electrons. The second kappa shape index (κ2) is 8.91. The van der Waals surface area contributed by atoms with E-state index in [1.165, 1.54) is 12.5 Å². The largest absolute Gasteiger partial charge is 0.467 e. The molecule has 0 aromatic carbocycles. The summed E-state index contributed by atoms with van der Waals surface area (Å²) < 4.78 is 6.95. The first-order valence-corrected chi connectivity index (χ1v) is 9.79. The van der Waals surface area contributed by atoms with E-state index in [9.17, 15) is 14.4 Å². The number of aromatic nitrogens is 1. The Balaban J connectivity index is 1.85. The van der Waals surface area contributed by atoms with Crippen LogP contribution < -0.4 is 16.1 Å². The molecule has 2 N–H and O–H groups in total. The number of hydrogen-bond donors (Lipinski definition) is 2. The summed E-state index contributed by atoms with van der Waals surface area (Å²) in [4.78, 5) is 38.2. The molecule has 0 radical (unpaired) electrons. The van der Waals surface area contributed by atoms with E-state index in [4.69, 9.17) is 4.42 Å². The van der Waals surface area contributed by atoms with Crippen LogP contribution in [-0.2, 0) is 13.1 Å². The first kappa shape index (κ1) is 19.9. The van der Waals surface area contributed by atoms with Gasteiger partial charge < -0.3 is 19.6 Å². The molecule has 28 heavy (non-hydrogen) atoms. The summed E-state index contributed by atoms with van der Waals surface area (Å²) in [6, 6.07) is 3.57. The maximum Gasteiger partial charge on any atom is 0.257 e. The van der Waals surface area contributed by atoms with E-state index in [0.717, 1.165) is 25.7 Å². The van der Waals surface area contributed by atoms with Gasteiger partial charge in [-0.3, -0.25) is 14.4 Å². The van der Waals surface area contributed by atoms with Crippen molar-refractivity contribution in [3.05, 3.63) is 57.9 Å². The Bertz CT molecular complexity index is 878. The third-order valence-electron chi connectivity index (χ3n) is 4.84. The minimum absolute atomic E-state index is 0.0122. The summed E-state index contributed by atoms with van der Waals surface area (Å²) in [5.74, 6) is -0.0391. The van der Waals surface area contributed by atoms with Gasteiger partial charge in [-0.15, -0.1) is 0 Å². The highest BCUT2D eigenvalue weighted by atomic mass is 16.3. The molecule has 0 aliphatic heterocycles. The van der Waals surface area contributed by atoms with Crippen molar-refractivity contribution in [2.75, 3.05) is 0 Å². The molecule has 1 saturated carbocycles. The topological polar surface area (TPSA) is 93.3 Å². The molecule has 0 spiro atoms. The number of carbonyl (C=O) groups is 2. The zero-order valence-electron chi connectivity index (χ0n) is 16.4. The van der Waals surface area contributed by atoms with E-state index in [2.05, 4.69) is 10.6 Å². The van der Waals surface area contributed by atoms with Crippen molar-refractivity contribution in [2.24, 2.45) is 5.92 Å². The fourth-order valence-electron chi connectivity index (χ4n) is 3.49. The van der Waals surface area contributed by atoms with Crippen molar-refractivity contribution in [3.8, 4) is 0 Å². The van der Waals surface area contributed by atoms with Gasteiger partial charge in [0.2, 0.25) is 5.43 Å². The lowest BCUT2D eigenvalue weighted by Crippen LogP contribution is -2.38. The second-order valence-electron chi connectivity index (χ2n) is 7.72. The Morgan fingerprint density at radius 3 is 2.46 bits per heavy atom. The number of hydrogen-bond acceptors (Lipinski definition) is 4. The van der Waals surface area contributed by atoms with Gasteiger partial charge in [0.05, 0.1) is 12.8 Å². The van der Waals surface area contributed by atoms with Gasteiger partial charge >= 0.3 is 0 Å². The van der Waals surface area contributed by atoms with Crippen LogP contribution in [0.2, 0.25) is 0 Å². The van der Waals surface area contributed by atoms with E-state index in [-0.39, 0.29) is 23.7 Å². The summed E-state index contributed by atoms with van der Waals surface area (Å²) in [5.41, 5.74) is -0.572. The fourth-order valence-corrected chi connectivity index (χ4v) is 3.49. The Hall–Kier alpha value is -2.83. The number of furan rings is 1. The van der Waals surface area contributed by atoms with Gasteiger partial charge in [-0.25, -0.2) is 0 Å². The third kappa shape index (κ3) is 4.91. The van der Waals surface area contributed by atoms with Crippen LogP contribution in [0.1, 0.15) is 66.0 Å². The second-order valence-corrected chi connectivity index (χ2v) is 7.72. The van der Waals surface area contributed by atoms with Crippen molar-refractivity contribution < 1.29 is 14.0 Å². The highest BCUT2D eigenvalue weighted by Gasteiger charge is 2.23. The first-order valence-electron chi connectivity index (χ1n) is 9.79. The first-order chi connectivity index (χ1) is 13.4. The van der Waals surface area contributed by atoms with E-state index in [0.29, 0.717) is 18.2 Å². The minimum Gasteiger partial charge on any atom is -0.467 e. The highest BCUT2D eigenvalue weighted by Crippen LogP contribution is 2.18. The number of pyridine rings is 1. The summed E-state index contributed by atoms with van der Waals surface area (Å²) in [7, 11) is 0. The molecule has 1 aliphatic rings. The molecule has 2 heterocycles. The van der Waals surface area contributed by atoms with Crippen LogP contribution >= 0.6 is 0 Å². The molecule has 0 saturated heterocycles. The number of nitrogens with one attached hydrogen (secondary N) is 2. The van der Waals surface area contributed by atoms with Crippen LogP contribution in [-0.4, -0.2) is 22.4 Å². The minimum atomic E-state index is -0.549. The predicted octanol–water partition coefficient (Wildman–Crippen LogP) is 2.70.